The number of likely N-dealkylation sites (tertiary alicyclic amines) is 1. The van der Waals surface area contributed by atoms with E-state index in [9.17, 15) is 13.2 Å². The lowest BCUT2D eigenvalue weighted by atomic mass is 9.98. The zero-order valence-corrected chi connectivity index (χ0v) is 11.7. The first kappa shape index (κ1) is 15.3. The molecule has 1 aromatic rings. The first-order chi connectivity index (χ1) is 9.47. The zero-order valence-electron chi connectivity index (χ0n) is 11.7. The topological polar surface area (TPSA) is 15.3 Å². The van der Waals surface area contributed by atoms with E-state index in [2.05, 4.69) is 17.3 Å². The molecule has 20 heavy (non-hydrogen) atoms. The minimum Gasteiger partial charge on any atom is -0.312 e. The van der Waals surface area contributed by atoms with E-state index in [-0.39, 0.29) is 6.54 Å². The molecule has 0 bridgehead atoms. The molecular formula is C15H21F3N2. The van der Waals surface area contributed by atoms with E-state index < -0.39 is 11.7 Å². The van der Waals surface area contributed by atoms with Crippen LogP contribution in [0.5, 0.6) is 0 Å². The standard InChI is InChI=1S/C15H21F3N2/c1-20-8-4-5-12(11-20)9-19-10-13-6-2-3-7-14(13)15(16,17)18/h2-3,6-7,12,19H,4-5,8-11H2,1H3. The summed E-state index contributed by atoms with van der Waals surface area (Å²) < 4.78 is 38.5. The fourth-order valence-electron chi connectivity index (χ4n) is 2.80. The zero-order chi connectivity index (χ0) is 14.6. The van der Waals surface area contributed by atoms with Crippen LogP contribution in [-0.2, 0) is 12.7 Å². The van der Waals surface area contributed by atoms with Gasteiger partial charge in [0.25, 0.3) is 0 Å². The van der Waals surface area contributed by atoms with E-state index in [0.29, 0.717) is 11.5 Å². The fraction of sp³-hybridized carbons (Fsp3) is 0.600. The van der Waals surface area contributed by atoms with Gasteiger partial charge in [0.15, 0.2) is 0 Å². The summed E-state index contributed by atoms with van der Waals surface area (Å²) in [6.45, 7) is 3.19. The third kappa shape index (κ3) is 4.21. The van der Waals surface area contributed by atoms with Gasteiger partial charge in [-0.25, -0.2) is 0 Å². The van der Waals surface area contributed by atoms with Crippen molar-refractivity contribution >= 4 is 0 Å². The maximum Gasteiger partial charge on any atom is 0.416 e. The molecule has 1 aromatic carbocycles. The molecule has 1 unspecified atom stereocenters. The number of nitrogens with one attached hydrogen (secondary N) is 1. The quantitative estimate of drug-likeness (QED) is 0.915. The van der Waals surface area contributed by atoms with E-state index in [1.54, 1.807) is 12.1 Å². The van der Waals surface area contributed by atoms with Gasteiger partial charge in [-0.2, -0.15) is 13.2 Å². The number of alkyl halides is 3. The Morgan fingerprint density at radius 3 is 2.75 bits per heavy atom. The highest BCUT2D eigenvalue weighted by Crippen LogP contribution is 2.31. The monoisotopic (exact) mass is 286 g/mol. The molecule has 5 heteroatoms. The minimum atomic E-state index is -4.27. The Kier molecular flexibility index (Phi) is 5.05. The van der Waals surface area contributed by atoms with Crippen molar-refractivity contribution in [3.05, 3.63) is 35.4 Å². The van der Waals surface area contributed by atoms with Gasteiger partial charge in [0.1, 0.15) is 0 Å². The smallest absolute Gasteiger partial charge is 0.312 e. The van der Waals surface area contributed by atoms with Gasteiger partial charge in [-0.1, -0.05) is 18.2 Å². The summed E-state index contributed by atoms with van der Waals surface area (Å²) in [5, 5.41) is 3.18. The van der Waals surface area contributed by atoms with Crippen LogP contribution in [0.15, 0.2) is 24.3 Å². The van der Waals surface area contributed by atoms with Gasteiger partial charge in [0.05, 0.1) is 5.56 Å². The highest BCUT2D eigenvalue weighted by Gasteiger charge is 2.32. The number of halogens is 3. The van der Waals surface area contributed by atoms with Gasteiger partial charge in [-0.05, 0) is 50.5 Å². The van der Waals surface area contributed by atoms with Crippen molar-refractivity contribution in [3.8, 4) is 0 Å². The number of rotatable bonds is 4. The maximum absolute atomic E-state index is 12.8. The predicted octanol–water partition coefficient (Wildman–Crippen LogP) is 3.14. The molecule has 0 amide bonds. The molecular weight excluding hydrogens is 265 g/mol. The molecule has 1 heterocycles. The third-order valence-corrected chi connectivity index (χ3v) is 3.79. The van der Waals surface area contributed by atoms with Crippen molar-refractivity contribution in [2.45, 2.75) is 25.6 Å². The number of nitrogens with zero attached hydrogens (tertiary/aromatic N) is 1. The third-order valence-electron chi connectivity index (χ3n) is 3.79. The summed E-state index contributed by atoms with van der Waals surface area (Å²) in [4.78, 5) is 2.28. The highest BCUT2D eigenvalue weighted by atomic mass is 19.4. The maximum atomic E-state index is 12.8. The van der Waals surface area contributed by atoms with Crippen molar-refractivity contribution in [3.63, 3.8) is 0 Å². The molecule has 0 saturated carbocycles. The lowest BCUT2D eigenvalue weighted by molar-refractivity contribution is -0.138. The molecule has 112 valence electrons. The van der Waals surface area contributed by atoms with Crippen LogP contribution in [0, 0.1) is 5.92 Å². The van der Waals surface area contributed by atoms with E-state index in [0.717, 1.165) is 32.1 Å². The molecule has 1 aliphatic heterocycles. The van der Waals surface area contributed by atoms with Crippen molar-refractivity contribution in [2.24, 2.45) is 5.92 Å². The number of piperidine rings is 1. The first-order valence-corrected chi connectivity index (χ1v) is 7.01. The highest BCUT2D eigenvalue weighted by molar-refractivity contribution is 5.29. The minimum absolute atomic E-state index is 0.274. The Balaban J connectivity index is 1.88. The van der Waals surface area contributed by atoms with Crippen LogP contribution in [0.2, 0.25) is 0 Å². The van der Waals surface area contributed by atoms with E-state index in [4.69, 9.17) is 0 Å². The molecule has 2 nitrogen and oxygen atoms in total. The fourth-order valence-corrected chi connectivity index (χ4v) is 2.80. The average Bonchev–Trinajstić information content (AvgIpc) is 2.38. The van der Waals surface area contributed by atoms with E-state index in [1.165, 1.54) is 12.5 Å². The number of benzene rings is 1. The Bertz CT molecular complexity index is 431. The number of hydrogen-bond donors (Lipinski definition) is 1. The van der Waals surface area contributed by atoms with Crippen LogP contribution in [0.1, 0.15) is 24.0 Å². The second-order valence-electron chi connectivity index (χ2n) is 5.56. The second kappa shape index (κ2) is 6.59. The van der Waals surface area contributed by atoms with Gasteiger partial charge >= 0.3 is 6.18 Å². The van der Waals surface area contributed by atoms with Gasteiger partial charge < -0.3 is 10.2 Å². The molecule has 1 saturated heterocycles. The van der Waals surface area contributed by atoms with E-state index in [1.807, 2.05) is 0 Å². The summed E-state index contributed by atoms with van der Waals surface area (Å²) >= 11 is 0. The van der Waals surface area contributed by atoms with Crippen molar-refractivity contribution in [1.29, 1.82) is 0 Å². The van der Waals surface area contributed by atoms with Gasteiger partial charge in [0.2, 0.25) is 0 Å². The summed E-state index contributed by atoms with van der Waals surface area (Å²) in [7, 11) is 2.09. The van der Waals surface area contributed by atoms with Crippen molar-refractivity contribution in [2.75, 3.05) is 26.7 Å². The van der Waals surface area contributed by atoms with E-state index >= 15 is 0 Å². The van der Waals surface area contributed by atoms with Crippen molar-refractivity contribution in [1.82, 2.24) is 10.2 Å². The van der Waals surface area contributed by atoms with Crippen LogP contribution < -0.4 is 5.32 Å². The van der Waals surface area contributed by atoms with Crippen LogP contribution in [0.4, 0.5) is 13.2 Å². The van der Waals surface area contributed by atoms with Crippen molar-refractivity contribution < 1.29 is 13.2 Å². The SMILES string of the molecule is CN1CCCC(CNCc2ccccc2C(F)(F)F)C1. The molecule has 1 atom stereocenters. The van der Waals surface area contributed by atoms with Crippen LogP contribution in [0.3, 0.4) is 0 Å². The first-order valence-electron chi connectivity index (χ1n) is 7.01. The normalized spacial score (nSPS) is 21.1. The Morgan fingerprint density at radius 1 is 1.30 bits per heavy atom. The molecule has 0 spiro atoms. The van der Waals surface area contributed by atoms with Gasteiger partial charge in [0, 0.05) is 13.1 Å². The largest absolute Gasteiger partial charge is 0.416 e. The lowest BCUT2D eigenvalue weighted by Crippen LogP contribution is -2.37. The predicted molar refractivity (Wildman–Crippen MR) is 73.4 cm³/mol. The molecule has 0 aromatic heterocycles. The van der Waals surface area contributed by atoms with Crippen LogP contribution in [0.25, 0.3) is 0 Å². The Morgan fingerprint density at radius 2 is 2.05 bits per heavy atom. The molecule has 2 rings (SSSR count). The lowest BCUT2D eigenvalue weighted by Gasteiger charge is -2.29. The van der Waals surface area contributed by atoms with Crippen LogP contribution in [-0.4, -0.2) is 31.6 Å². The molecule has 1 N–H and O–H groups in total. The summed E-state index contributed by atoms with van der Waals surface area (Å²) in [5.41, 5.74) is -0.211. The number of hydrogen-bond acceptors (Lipinski definition) is 2. The summed E-state index contributed by atoms with van der Waals surface area (Å²) in [6.07, 6.45) is -1.95. The Labute approximate surface area is 118 Å². The molecule has 1 fully saturated rings. The van der Waals surface area contributed by atoms with Crippen LogP contribution >= 0.6 is 0 Å². The van der Waals surface area contributed by atoms with Gasteiger partial charge in [-0.3, -0.25) is 0 Å². The second-order valence-corrected chi connectivity index (χ2v) is 5.56. The molecule has 0 radical (unpaired) electrons. The summed E-state index contributed by atoms with van der Waals surface area (Å²) in [6, 6.07) is 5.78. The average molecular weight is 286 g/mol. The Hall–Kier alpha value is -1.07. The molecule has 0 aliphatic carbocycles. The molecule has 1 aliphatic rings. The summed E-state index contributed by atoms with van der Waals surface area (Å²) in [5.74, 6) is 0.534. The van der Waals surface area contributed by atoms with Gasteiger partial charge in [-0.15, -0.1) is 0 Å².